The normalized spacial score (nSPS) is 23.7. The molecule has 1 heterocycles. The molecular weight excluding hydrogens is 424 g/mol. The molecule has 0 saturated heterocycles. The predicted octanol–water partition coefficient (Wildman–Crippen LogP) is 4.55. The number of rotatable bonds is 15. The maximum Gasteiger partial charge on any atom is 0.348 e. The number of hydrogen-bond acceptors (Lipinski definition) is 6. The summed E-state index contributed by atoms with van der Waals surface area (Å²) in [5.41, 5.74) is 0. The Balaban J connectivity index is 1.72. The van der Waals surface area contributed by atoms with Crippen LogP contribution in [0.5, 0.6) is 0 Å². The van der Waals surface area contributed by atoms with Crippen molar-refractivity contribution >= 4 is 28.9 Å². The first-order valence-electron chi connectivity index (χ1n) is 11.4. The average molecular weight is 461 g/mol. The molecule has 30 heavy (non-hydrogen) atoms. The first-order chi connectivity index (χ1) is 14.6. The molecule has 5 nitrogen and oxygen atoms in total. The molecule has 1 aromatic heterocycles. The molecular formula is C23H37ClO5S. The fourth-order valence-corrected chi connectivity index (χ4v) is 5.92. The summed E-state index contributed by atoms with van der Waals surface area (Å²) in [5.74, 6) is 0.263. The van der Waals surface area contributed by atoms with Crippen LogP contribution in [0.25, 0.3) is 0 Å². The number of unbranched alkanes of at least 4 members (excludes halogenated alkanes) is 5. The van der Waals surface area contributed by atoms with Crippen LogP contribution in [-0.2, 0) is 11.2 Å². The maximum atomic E-state index is 11.8. The van der Waals surface area contributed by atoms with Gasteiger partial charge in [0.25, 0.3) is 0 Å². The number of ether oxygens (including phenoxy) is 1. The van der Waals surface area contributed by atoms with E-state index in [0.717, 1.165) is 49.8 Å². The molecule has 1 saturated carbocycles. The van der Waals surface area contributed by atoms with Gasteiger partial charge in [0.1, 0.15) is 11.5 Å². The van der Waals surface area contributed by atoms with E-state index in [0.29, 0.717) is 17.2 Å². The Morgan fingerprint density at radius 1 is 1.00 bits per heavy atom. The van der Waals surface area contributed by atoms with Crippen LogP contribution in [0.3, 0.4) is 0 Å². The van der Waals surface area contributed by atoms with Gasteiger partial charge >= 0.3 is 5.97 Å². The highest BCUT2D eigenvalue weighted by Gasteiger charge is 2.40. The number of carbonyl (C=O) groups excluding carboxylic acids is 1. The van der Waals surface area contributed by atoms with Crippen LogP contribution >= 0.6 is 22.9 Å². The number of esters is 1. The van der Waals surface area contributed by atoms with E-state index in [2.05, 4.69) is 0 Å². The van der Waals surface area contributed by atoms with Crippen molar-refractivity contribution in [1.29, 1.82) is 0 Å². The molecule has 0 bridgehead atoms. The molecule has 3 N–H and O–H groups in total. The lowest BCUT2D eigenvalue weighted by Crippen LogP contribution is -2.21. The number of hydrogen-bond donors (Lipinski definition) is 3. The van der Waals surface area contributed by atoms with Gasteiger partial charge < -0.3 is 20.1 Å². The molecule has 0 aromatic carbocycles. The topological polar surface area (TPSA) is 87.0 Å². The van der Waals surface area contributed by atoms with Crippen molar-refractivity contribution in [1.82, 2.24) is 0 Å². The number of halogens is 1. The van der Waals surface area contributed by atoms with E-state index in [1.807, 2.05) is 6.07 Å². The zero-order chi connectivity index (χ0) is 21.8. The van der Waals surface area contributed by atoms with Crippen LogP contribution in [0.2, 0.25) is 0 Å². The largest absolute Gasteiger partial charge is 0.459 e. The molecule has 1 aromatic rings. The molecule has 1 unspecified atom stereocenters. The van der Waals surface area contributed by atoms with Crippen LogP contribution in [0, 0.1) is 11.8 Å². The van der Waals surface area contributed by atoms with Gasteiger partial charge in [0.2, 0.25) is 0 Å². The Bertz CT molecular complexity index is 608. The molecule has 0 radical (unpaired) electrons. The second kappa shape index (κ2) is 14.4. The summed E-state index contributed by atoms with van der Waals surface area (Å²) in [6.07, 6.45) is 11.0. The van der Waals surface area contributed by atoms with Gasteiger partial charge in [-0.15, -0.1) is 22.9 Å². The zero-order valence-corrected chi connectivity index (χ0v) is 19.4. The number of carbonyl (C=O) groups is 1. The van der Waals surface area contributed by atoms with Gasteiger partial charge in [-0.05, 0) is 62.5 Å². The Labute approximate surface area is 189 Å². The Kier molecular flexibility index (Phi) is 12.3. The minimum atomic E-state index is -0.378. The second-order valence-electron chi connectivity index (χ2n) is 8.30. The van der Waals surface area contributed by atoms with Crippen molar-refractivity contribution in [2.75, 3.05) is 19.8 Å². The molecule has 0 aliphatic heterocycles. The van der Waals surface area contributed by atoms with Crippen molar-refractivity contribution in [3.63, 3.8) is 0 Å². The fourth-order valence-electron chi connectivity index (χ4n) is 4.48. The van der Waals surface area contributed by atoms with Crippen LogP contribution in [-0.4, -0.2) is 52.6 Å². The van der Waals surface area contributed by atoms with Crippen LogP contribution < -0.4 is 0 Å². The first-order valence-corrected chi connectivity index (χ1v) is 12.6. The number of alkyl halides is 1. The third-order valence-electron chi connectivity index (χ3n) is 6.07. The highest BCUT2D eigenvalue weighted by atomic mass is 35.5. The van der Waals surface area contributed by atoms with E-state index in [1.165, 1.54) is 30.6 Å². The first kappa shape index (κ1) is 25.6. The summed E-state index contributed by atoms with van der Waals surface area (Å²) in [5, 5.41) is 28.1. The zero-order valence-electron chi connectivity index (χ0n) is 17.8. The Morgan fingerprint density at radius 3 is 2.43 bits per heavy atom. The molecule has 172 valence electrons. The molecule has 1 aliphatic rings. The van der Waals surface area contributed by atoms with Crippen LogP contribution in [0.4, 0.5) is 0 Å². The Hall–Kier alpha value is -0.660. The molecule has 4 atom stereocenters. The van der Waals surface area contributed by atoms with Crippen LogP contribution in [0.15, 0.2) is 12.1 Å². The number of aryl methyl sites for hydroxylation is 1. The van der Waals surface area contributed by atoms with Gasteiger partial charge in [0.05, 0.1) is 12.7 Å². The van der Waals surface area contributed by atoms with E-state index in [1.54, 1.807) is 6.07 Å². The number of thiophene rings is 1. The summed E-state index contributed by atoms with van der Waals surface area (Å²) in [4.78, 5) is 13.6. The van der Waals surface area contributed by atoms with Crippen molar-refractivity contribution in [2.24, 2.45) is 11.8 Å². The molecule has 7 heteroatoms. The highest BCUT2D eigenvalue weighted by molar-refractivity contribution is 7.13. The van der Waals surface area contributed by atoms with Gasteiger partial charge in [-0.25, -0.2) is 4.79 Å². The minimum absolute atomic E-state index is 0.0250. The minimum Gasteiger partial charge on any atom is -0.459 e. The van der Waals surface area contributed by atoms with Crippen molar-refractivity contribution in [2.45, 2.75) is 82.1 Å². The fraction of sp³-hybridized carbons (Fsp3) is 0.783. The van der Waals surface area contributed by atoms with Gasteiger partial charge in [-0.1, -0.05) is 32.1 Å². The molecule has 2 rings (SSSR count). The third kappa shape index (κ3) is 8.46. The van der Waals surface area contributed by atoms with E-state index in [-0.39, 0.29) is 43.2 Å². The van der Waals surface area contributed by atoms with Gasteiger partial charge in [0, 0.05) is 16.9 Å². The number of aliphatic hydroxyl groups excluding tert-OH is 3. The highest BCUT2D eigenvalue weighted by Crippen LogP contribution is 2.42. The molecule has 1 fully saturated rings. The smallest absolute Gasteiger partial charge is 0.348 e. The third-order valence-corrected chi connectivity index (χ3v) is 7.70. The maximum absolute atomic E-state index is 11.8. The predicted molar refractivity (Wildman–Crippen MR) is 121 cm³/mol. The van der Waals surface area contributed by atoms with E-state index in [4.69, 9.17) is 26.6 Å². The van der Waals surface area contributed by atoms with E-state index >= 15 is 0 Å². The summed E-state index contributed by atoms with van der Waals surface area (Å²) < 4.78 is 4.96. The molecule has 1 aliphatic carbocycles. The molecule has 0 amide bonds. The summed E-state index contributed by atoms with van der Waals surface area (Å²) in [6, 6.07) is 3.75. The standard InChI is InChI=1S/C23H37ClO5S/c24-20-16-21(27)19(9-5-3-1-2-4-6-13-25)18(20)10-7-8-17-11-12-22(30-17)23(28)29-15-14-26/h11-12,18-21,25-27H,1-10,13-16H2/t18?,19-,20-,21-/m1/s1. The SMILES string of the molecule is O=C(OCCO)c1ccc(CCCC2[C@H](Cl)C[C@@H](O)[C@@H]2CCCCCCCCO)s1. The Morgan fingerprint density at radius 2 is 1.70 bits per heavy atom. The average Bonchev–Trinajstić information content (AvgIpc) is 3.30. The van der Waals surface area contributed by atoms with E-state index in [9.17, 15) is 9.90 Å². The van der Waals surface area contributed by atoms with Gasteiger partial charge in [0.15, 0.2) is 0 Å². The lowest BCUT2D eigenvalue weighted by molar-refractivity contribution is 0.0439. The van der Waals surface area contributed by atoms with Gasteiger partial charge in [-0.3, -0.25) is 0 Å². The summed E-state index contributed by atoms with van der Waals surface area (Å²) in [7, 11) is 0. The summed E-state index contributed by atoms with van der Waals surface area (Å²) >= 11 is 8.03. The monoisotopic (exact) mass is 460 g/mol. The number of aliphatic hydroxyl groups is 3. The van der Waals surface area contributed by atoms with Crippen LogP contribution in [0.1, 0.15) is 78.8 Å². The van der Waals surface area contributed by atoms with Crippen molar-refractivity contribution < 1.29 is 24.9 Å². The van der Waals surface area contributed by atoms with E-state index < -0.39 is 0 Å². The van der Waals surface area contributed by atoms with Gasteiger partial charge in [-0.2, -0.15) is 0 Å². The lowest BCUT2D eigenvalue weighted by atomic mass is 9.85. The van der Waals surface area contributed by atoms with Crippen molar-refractivity contribution in [3.8, 4) is 0 Å². The lowest BCUT2D eigenvalue weighted by Gasteiger charge is -2.23. The van der Waals surface area contributed by atoms with Crippen molar-refractivity contribution in [3.05, 3.63) is 21.9 Å². The quantitative estimate of drug-likeness (QED) is 0.203. The second-order valence-corrected chi connectivity index (χ2v) is 10.0. The molecule has 0 spiro atoms. The summed E-state index contributed by atoms with van der Waals surface area (Å²) in [6.45, 7) is 0.145.